The van der Waals surface area contributed by atoms with Crippen LogP contribution in [0, 0.1) is 0 Å². The Morgan fingerprint density at radius 1 is 1.14 bits per heavy atom. The van der Waals surface area contributed by atoms with Gasteiger partial charge in [-0.2, -0.15) is 0 Å². The molecule has 1 amide bonds. The lowest BCUT2D eigenvalue weighted by Gasteiger charge is -2.21. The second kappa shape index (κ2) is 9.68. The predicted octanol–water partition coefficient (Wildman–Crippen LogP) is 2.59. The fraction of sp³-hybridized carbons (Fsp3) is 0.400. The molecule has 0 fully saturated rings. The molecule has 3 rings (SSSR count). The molecule has 0 atom stereocenters. The minimum Gasteiger partial charge on any atom is -0.488 e. The number of methoxy groups -OCH3 is 2. The van der Waals surface area contributed by atoms with Crippen LogP contribution in [0.2, 0.25) is 0 Å². The van der Waals surface area contributed by atoms with E-state index in [0.29, 0.717) is 37.8 Å². The monoisotopic (exact) mass is 405 g/mol. The number of rotatable bonds is 9. The van der Waals surface area contributed by atoms with Crippen molar-refractivity contribution in [2.24, 2.45) is 0 Å². The van der Waals surface area contributed by atoms with Gasteiger partial charge in [-0.3, -0.25) is 4.79 Å². The molecule has 150 valence electrons. The van der Waals surface area contributed by atoms with Gasteiger partial charge in [0.05, 0.1) is 13.2 Å². The zero-order valence-corrected chi connectivity index (χ0v) is 16.8. The van der Waals surface area contributed by atoms with E-state index in [9.17, 15) is 9.59 Å². The van der Waals surface area contributed by atoms with Gasteiger partial charge < -0.3 is 23.8 Å². The number of ether oxygens (including phenoxy) is 4. The third kappa shape index (κ3) is 4.70. The van der Waals surface area contributed by atoms with E-state index in [1.165, 1.54) is 11.3 Å². The first-order valence-corrected chi connectivity index (χ1v) is 9.73. The molecular weight excluding hydrogens is 382 g/mol. The molecule has 0 spiro atoms. The Hall–Kier alpha value is -2.42. The summed E-state index contributed by atoms with van der Waals surface area (Å²) < 4.78 is 21.0. The maximum absolute atomic E-state index is 12.5. The summed E-state index contributed by atoms with van der Waals surface area (Å²) in [7, 11) is 3.14. The summed E-state index contributed by atoms with van der Waals surface area (Å²) in [4.78, 5) is 27.8. The Morgan fingerprint density at radius 2 is 1.86 bits per heavy atom. The molecule has 8 heteroatoms. The summed E-state index contributed by atoms with van der Waals surface area (Å²) in [5.41, 5.74) is 1.91. The number of para-hydroxylation sites is 1. The lowest BCUT2D eigenvalue weighted by atomic mass is 10.1. The quantitative estimate of drug-likeness (QED) is 0.597. The number of esters is 1. The van der Waals surface area contributed by atoms with Gasteiger partial charge in [0, 0.05) is 43.3 Å². The van der Waals surface area contributed by atoms with Crippen molar-refractivity contribution >= 4 is 23.2 Å². The fourth-order valence-corrected chi connectivity index (χ4v) is 3.94. The van der Waals surface area contributed by atoms with Crippen molar-refractivity contribution in [3.05, 3.63) is 40.8 Å². The normalized spacial score (nSPS) is 11.9. The first-order chi connectivity index (χ1) is 13.6. The standard InChI is InChI=1S/C20H23NO6S/c1-24-9-7-21(8-10-25-2)18(22)13-27-20(23)17-11-14-12-26-16-6-4-3-5-15(16)19(14)28-17/h3-6,11H,7-10,12-13H2,1-2H3. The van der Waals surface area contributed by atoms with E-state index in [1.807, 2.05) is 24.3 Å². The zero-order valence-electron chi connectivity index (χ0n) is 15.9. The summed E-state index contributed by atoms with van der Waals surface area (Å²) in [6.07, 6.45) is 0. The molecule has 0 radical (unpaired) electrons. The second-order valence-corrected chi connectivity index (χ2v) is 7.24. The number of amides is 1. The van der Waals surface area contributed by atoms with Crippen molar-refractivity contribution in [3.8, 4) is 16.2 Å². The smallest absolute Gasteiger partial charge is 0.348 e. The van der Waals surface area contributed by atoms with Crippen molar-refractivity contribution in [1.82, 2.24) is 4.90 Å². The van der Waals surface area contributed by atoms with Crippen molar-refractivity contribution in [2.45, 2.75) is 6.61 Å². The van der Waals surface area contributed by atoms with E-state index in [1.54, 1.807) is 25.2 Å². The van der Waals surface area contributed by atoms with Crippen molar-refractivity contribution in [2.75, 3.05) is 47.1 Å². The number of carbonyl (C=O) groups excluding carboxylic acids is 2. The number of hydrogen-bond acceptors (Lipinski definition) is 7. The van der Waals surface area contributed by atoms with Gasteiger partial charge >= 0.3 is 5.97 Å². The average molecular weight is 405 g/mol. The average Bonchev–Trinajstić information content (AvgIpc) is 3.17. The molecule has 2 aromatic rings. The summed E-state index contributed by atoms with van der Waals surface area (Å²) in [5, 5.41) is 0. The van der Waals surface area contributed by atoms with Gasteiger partial charge in [-0.05, 0) is 18.2 Å². The van der Waals surface area contributed by atoms with Crippen LogP contribution in [0.4, 0.5) is 0 Å². The highest BCUT2D eigenvalue weighted by Crippen LogP contribution is 2.42. The second-order valence-electron chi connectivity index (χ2n) is 6.19. The van der Waals surface area contributed by atoms with Crippen LogP contribution in [-0.4, -0.2) is 63.9 Å². The van der Waals surface area contributed by atoms with Crippen LogP contribution in [0.1, 0.15) is 15.2 Å². The van der Waals surface area contributed by atoms with Crippen LogP contribution >= 0.6 is 11.3 Å². The molecule has 1 aliphatic heterocycles. The lowest BCUT2D eigenvalue weighted by Crippen LogP contribution is -2.39. The molecule has 1 aliphatic rings. The van der Waals surface area contributed by atoms with E-state index in [0.717, 1.165) is 21.8 Å². The Labute approximate surface area is 167 Å². The third-order valence-corrected chi connectivity index (χ3v) is 5.53. The number of nitrogens with zero attached hydrogens (tertiary/aromatic N) is 1. The summed E-state index contributed by atoms with van der Waals surface area (Å²) in [6.45, 7) is 1.73. The van der Waals surface area contributed by atoms with Gasteiger partial charge in [0.25, 0.3) is 5.91 Å². The molecule has 0 saturated heterocycles. The van der Waals surface area contributed by atoms with Crippen LogP contribution in [0.5, 0.6) is 5.75 Å². The number of thiophene rings is 1. The van der Waals surface area contributed by atoms with Gasteiger partial charge in [0.15, 0.2) is 6.61 Å². The Bertz CT molecular complexity index is 826. The molecule has 1 aromatic heterocycles. The first kappa shape index (κ1) is 20.3. The van der Waals surface area contributed by atoms with Gasteiger partial charge in [-0.15, -0.1) is 11.3 Å². The highest BCUT2D eigenvalue weighted by Gasteiger charge is 2.24. The summed E-state index contributed by atoms with van der Waals surface area (Å²) >= 11 is 1.35. The molecule has 2 heterocycles. The van der Waals surface area contributed by atoms with E-state index in [4.69, 9.17) is 18.9 Å². The molecule has 0 unspecified atom stereocenters. The van der Waals surface area contributed by atoms with Crippen LogP contribution in [0.15, 0.2) is 30.3 Å². The maximum Gasteiger partial charge on any atom is 0.348 e. The van der Waals surface area contributed by atoms with Gasteiger partial charge in [0.2, 0.25) is 0 Å². The molecule has 28 heavy (non-hydrogen) atoms. The van der Waals surface area contributed by atoms with E-state index in [-0.39, 0.29) is 12.5 Å². The van der Waals surface area contributed by atoms with Gasteiger partial charge in [-0.1, -0.05) is 12.1 Å². The highest BCUT2D eigenvalue weighted by molar-refractivity contribution is 7.17. The first-order valence-electron chi connectivity index (χ1n) is 8.91. The van der Waals surface area contributed by atoms with E-state index < -0.39 is 5.97 Å². The van der Waals surface area contributed by atoms with E-state index >= 15 is 0 Å². The fourth-order valence-electron chi connectivity index (χ4n) is 2.85. The van der Waals surface area contributed by atoms with E-state index in [2.05, 4.69) is 0 Å². The van der Waals surface area contributed by atoms with Crippen LogP contribution in [0.25, 0.3) is 10.4 Å². The third-order valence-electron chi connectivity index (χ3n) is 4.34. The number of carbonyl (C=O) groups is 2. The van der Waals surface area contributed by atoms with Crippen molar-refractivity contribution in [1.29, 1.82) is 0 Å². The molecule has 0 bridgehead atoms. The predicted molar refractivity (Wildman–Crippen MR) is 105 cm³/mol. The topological polar surface area (TPSA) is 74.3 Å². The zero-order chi connectivity index (χ0) is 19.9. The summed E-state index contributed by atoms with van der Waals surface area (Å²) in [6, 6.07) is 9.49. The van der Waals surface area contributed by atoms with Gasteiger partial charge in [0.1, 0.15) is 17.2 Å². The highest BCUT2D eigenvalue weighted by atomic mass is 32.1. The SMILES string of the molecule is COCCN(CCOC)C(=O)COC(=O)c1cc2c(s1)-c1ccccc1OC2. The van der Waals surface area contributed by atoms with Crippen molar-refractivity contribution < 1.29 is 28.5 Å². The molecule has 0 saturated carbocycles. The number of hydrogen-bond donors (Lipinski definition) is 0. The maximum atomic E-state index is 12.5. The Morgan fingerprint density at radius 3 is 2.57 bits per heavy atom. The molecule has 0 aliphatic carbocycles. The molecule has 1 aromatic carbocycles. The minimum absolute atomic E-state index is 0.280. The molecular formula is C20H23NO6S. The summed E-state index contributed by atoms with van der Waals surface area (Å²) in [5.74, 6) is 0.0139. The van der Waals surface area contributed by atoms with Crippen molar-refractivity contribution in [3.63, 3.8) is 0 Å². The largest absolute Gasteiger partial charge is 0.488 e. The number of fused-ring (bicyclic) bond motifs is 3. The Balaban J connectivity index is 1.63. The van der Waals surface area contributed by atoms with Gasteiger partial charge in [-0.25, -0.2) is 4.79 Å². The lowest BCUT2D eigenvalue weighted by molar-refractivity contribution is -0.135. The Kier molecular flexibility index (Phi) is 7.02. The van der Waals surface area contributed by atoms with Crippen LogP contribution < -0.4 is 4.74 Å². The van der Waals surface area contributed by atoms with Crippen LogP contribution in [-0.2, 0) is 25.6 Å². The minimum atomic E-state index is -0.510. The molecule has 7 nitrogen and oxygen atoms in total. The number of benzene rings is 1. The molecule has 0 N–H and O–H groups in total. The van der Waals surface area contributed by atoms with Crippen LogP contribution in [0.3, 0.4) is 0 Å².